The number of unbranched alkanes of at least 4 members (excludes halogenated alkanes) is 4. The molecule has 0 aromatic rings. The molecule has 0 aliphatic carbocycles. The predicted octanol–water partition coefficient (Wildman–Crippen LogP) is 5.05. The van der Waals surface area contributed by atoms with Crippen molar-refractivity contribution >= 4 is 0 Å². The molecule has 1 aliphatic rings. The standard InChI is InChI=1S/C22H43FO5/c1-5-9-13-24-17-18-19(25-14-10-6-2)20(26-15-11-7-3)21(22(23)28-18)27-16-12-8-4/h18-22H,5-17H2,1-4H3/t18?,19-,20?,21?,22+/m0/s1. The van der Waals surface area contributed by atoms with Gasteiger partial charge in [-0.15, -0.1) is 0 Å². The molecule has 1 fully saturated rings. The van der Waals surface area contributed by atoms with Crippen LogP contribution < -0.4 is 0 Å². The highest BCUT2D eigenvalue weighted by molar-refractivity contribution is 4.92. The Bertz CT molecular complexity index is 358. The van der Waals surface area contributed by atoms with Crippen molar-refractivity contribution < 1.29 is 28.1 Å². The molecule has 0 aromatic heterocycles. The van der Waals surface area contributed by atoms with E-state index in [1.807, 2.05) is 0 Å². The minimum absolute atomic E-state index is 0.312. The van der Waals surface area contributed by atoms with E-state index in [0.717, 1.165) is 51.4 Å². The van der Waals surface area contributed by atoms with Crippen LogP contribution in [-0.2, 0) is 23.7 Å². The van der Waals surface area contributed by atoms with E-state index in [1.54, 1.807) is 0 Å². The Morgan fingerprint density at radius 1 is 0.643 bits per heavy atom. The summed E-state index contributed by atoms with van der Waals surface area (Å²) in [5, 5.41) is 0. The van der Waals surface area contributed by atoms with Crippen LogP contribution in [-0.4, -0.2) is 63.8 Å². The van der Waals surface area contributed by atoms with E-state index < -0.39 is 24.7 Å². The molecule has 0 radical (unpaired) electrons. The lowest BCUT2D eigenvalue weighted by molar-refractivity contribution is -0.293. The molecule has 1 aliphatic heterocycles. The van der Waals surface area contributed by atoms with Gasteiger partial charge in [0.2, 0.25) is 6.36 Å². The van der Waals surface area contributed by atoms with Crippen molar-refractivity contribution in [2.24, 2.45) is 0 Å². The Morgan fingerprint density at radius 3 is 1.64 bits per heavy atom. The minimum atomic E-state index is -1.53. The Morgan fingerprint density at radius 2 is 1.11 bits per heavy atom. The lowest BCUT2D eigenvalue weighted by Crippen LogP contribution is -2.60. The van der Waals surface area contributed by atoms with E-state index in [-0.39, 0.29) is 6.10 Å². The molecular formula is C22H43FO5. The smallest absolute Gasteiger partial charge is 0.228 e. The number of ether oxygens (including phenoxy) is 5. The van der Waals surface area contributed by atoms with Crippen LogP contribution in [0.1, 0.15) is 79.1 Å². The van der Waals surface area contributed by atoms with Gasteiger partial charge in [0.1, 0.15) is 24.4 Å². The second-order valence-electron chi connectivity index (χ2n) is 7.52. The van der Waals surface area contributed by atoms with Gasteiger partial charge in [0.05, 0.1) is 6.61 Å². The van der Waals surface area contributed by atoms with E-state index in [2.05, 4.69) is 27.7 Å². The van der Waals surface area contributed by atoms with Gasteiger partial charge in [-0.05, 0) is 25.7 Å². The normalized spacial score (nSPS) is 28.0. The monoisotopic (exact) mass is 406 g/mol. The zero-order valence-corrected chi connectivity index (χ0v) is 18.5. The van der Waals surface area contributed by atoms with E-state index in [4.69, 9.17) is 23.7 Å². The summed E-state index contributed by atoms with van der Waals surface area (Å²) in [6.07, 6.45) is 4.20. The van der Waals surface area contributed by atoms with Crippen molar-refractivity contribution in [2.45, 2.75) is 110 Å². The minimum Gasteiger partial charge on any atom is -0.379 e. The fourth-order valence-electron chi connectivity index (χ4n) is 3.10. The summed E-state index contributed by atoms with van der Waals surface area (Å²) in [6.45, 7) is 11.1. The molecule has 0 aromatic carbocycles. The zero-order valence-electron chi connectivity index (χ0n) is 18.5. The molecule has 0 saturated carbocycles. The van der Waals surface area contributed by atoms with Gasteiger partial charge in [0, 0.05) is 26.4 Å². The van der Waals surface area contributed by atoms with Crippen LogP contribution in [0.25, 0.3) is 0 Å². The lowest BCUT2D eigenvalue weighted by Gasteiger charge is -2.43. The molecule has 1 heterocycles. The number of halogens is 1. The van der Waals surface area contributed by atoms with Crippen molar-refractivity contribution in [1.29, 1.82) is 0 Å². The van der Waals surface area contributed by atoms with E-state index >= 15 is 0 Å². The molecule has 5 nitrogen and oxygen atoms in total. The topological polar surface area (TPSA) is 46.2 Å². The predicted molar refractivity (Wildman–Crippen MR) is 109 cm³/mol. The molecular weight excluding hydrogens is 363 g/mol. The van der Waals surface area contributed by atoms with E-state index in [9.17, 15) is 4.39 Å². The van der Waals surface area contributed by atoms with Crippen molar-refractivity contribution in [3.8, 4) is 0 Å². The highest BCUT2D eigenvalue weighted by Crippen LogP contribution is 2.30. The van der Waals surface area contributed by atoms with Gasteiger partial charge >= 0.3 is 0 Å². The largest absolute Gasteiger partial charge is 0.379 e. The van der Waals surface area contributed by atoms with E-state index in [0.29, 0.717) is 33.0 Å². The fourth-order valence-corrected chi connectivity index (χ4v) is 3.10. The SMILES string of the molecule is CCCCOCC1O[C@@H](F)C(OCCCC)C(OCCCC)[C@H]1OCCCC. The van der Waals surface area contributed by atoms with Gasteiger partial charge in [-0.3, -0.25) is 0 Å². The molecule has 0 spiro atoms. The second kappa shape index (κ2) is 16.5. The third-order valence-electron chi connectivity index (χ3n) is 4.93. The average Bonchev–Trinajstić information content (AvgIpc) is 2.69. The summed E-state index contributed by atoms with van der Waals surface area (Å²) < 4.78 is 44.4. The molecule has 168 valence electrons. The number of rotatable bonds is 17. The van der Waals surface area contributed by atoms with Crippen LogP contribution in [0, 0.1) is 0 Å². The van der Waals surface area contributed by atoms with Crippen LogP contribution in [0.5, 0.6) is 0 Å². The zero-order chi connectivity index (χ0) is 20.6. The average molecular weight is 407 g/mol. The summed E-state index contributed by atoms with van der Waals surface area (Å²) in [4.78, 5) is 0. The third-order valence-corrected chi connectivity index (χ3v) is 4.93. The first-order valence-electron chi connectivity index (χ1n) is 11.4. The Hall–Kier alpha value is -0.270. The van der Waals surface area contributed by atoms with Crippen LogP contribution in [0.3, 0.4) is 0 Å². The first-order valence-corrected chi connectivity index (χ1v) is 11.4. The highest BCUT2D eigenvalue weighted by atomic mass is 19.1. The van der Waals surface area contributed by atoms with Crippen molar-refractivity contribution in [3.63, 3.8) is 0 Å². The molecule has 0 bridgehead atoms. The maximum Gasteiger partial charge on any atom is 0.228 e. The van der Waals surface area contributed by atoms with Crippen molar-refractivity contribution in [1.82, 2.24) is 0 Å². The van der Waals surface area contributed by atoms with E-state index in [1.165, 1.54) is 0 Å². The molecule has 1 rings (SSSR count). The first kappa shape index (κ1) is 25.8. The van der Waals surface area contributed by atoms with Crippen LogP contribution in [0.4, 0.5) is 4.39 Å². The molecule has 0 amide bonds. The molecule has 6 heteroatoms. The highest BCUT2D eigenvalue weighted by Gasteiger charge is 2.48. The van der Waals surface area contributed by atoms with Gasteiger partial charge in [-0.25, -0.2) is 4.39 Å². The third kappa shape index (κ3) is 9.49. The quantitative estimate of drug-likeness (QED) is 0.316. The first-order chi connectivity index (χ1) is 13.7. The molecule has 28 heavy (non-hydrogen) atoms. The van der Waals surface area contributed by atoms with Crippen LogP contribution >= 0.6 is 0 Å². The summed E-state index contributed by atoms with van der Waals surface area (Å²) >= 11 is 0. The maximum absolute atomic E-state index is 14.9. The van der Waals surface area contributed by atoms with Crippen LogP contribution in [0.15, 0.2) is 0 Å². The molecule has 5 atom stereocenters. The van der Waals surface area contributed by atoms with Gasteiger partial charge in [0.25, 0.3) is 0 Å². The second-order valence-corrected chi connectivity index (χ2v) is 7.52. The Kier molecular flexibility index (Phi) is 15.2. The summed E-state index contributed by atoms with van der Waals surface area (Å²) in [5.41, 5.74) is 0. The van der Waals surface area contributed by atoms with Gasteiger partial charge in [-0.1, -0.05) is 53.4 Å². The lowest BCUT2D eigenvalue weighted by atomic mass is 9.98. The Balaban J connectivity index is 2.84. The molecule has 1 saturated heterocycles. The Labute approximate surface area is 171 Å². The summed E-state index contributed by atoms with van der Waals surface area (Å²) in [6, 6.07) is 0. The van der Waals surface area contributed by atoms with Crippen molar-refractivity contribution in [3.05, 3.63) is 0 Å². The summed E-state index contributed by atoms with van der Waals surface area (Å²) in [7, 11) is 0. The molecule has 0 N–H and O–H groups in total. The number of hydrogen-bond acceptors (Lipinski definition) is 5. The summed E-state index contributed by atoms with van der Waals surface area (Å²) in [5.74, 6) is 0. The molecule has 3 unspecified atom stereocenters. The van der Waals surface area contributed by atoms with Gasteiger partial charge < -0.3 is 23.7 Å². The van der Waals surface area contributed by atoms with Gasteiger partial charge in [0.15, 0.2) is 0 Å². The maximum atomic E-state index is 14.9. The van der Waals surface area contributed by atoms with Crippen molar-refractivity contribution in [2.75, 3.05) is 33.0 Å². The number of hydrogen-bond donors (Lipinski definition) is 0. The number of alkyl halides is 1. The van der Waals surface area contributed by atoms with Crippen LogP contribution in [0.2, 0.25) is 0 Å². The fraction of sp³-hybridized carbons (Fsp3) is 1.00. The van der Waals surface area contributed by atoms with Gasteiger partial charge in [-0.2, -0.15) is 0 Å².